The molecule has 1 fully saturated rings. The highest BCUT2D eigenvalue weighted by molar-refractivity contribution is 7.81. The normalized spacial score (nSPS) is 15.3. The molecule has 19 heavy (non-hydrogen) atoms. The summed E-state index contributed by atoms with van der Waals surface area (Å²) in [5.41, 5.74) is 1.71. The van der Waals surface area contributed by atoms with Gasteiger partial charge in [-0.1, -0.05) is 37.4 Å². The molecule has 1 saturated heterocycles. The van der Waals surface area contributed by atoms with Crippen LogP contribution in [0.5, 0.6) is 0 Å². The maximum atomic E-state index is 8.58. The molecule has 1 aliphatic heterocycles. The molecule has 2 rings (SSSR count). The highest BCUT2D eigenvalue weighted by atomic mass is 32.1. The number of β-amino-alcohol motifs (C(OH)–C–C–N with tert-alkyl or cyclic N) is 1. The minimum Gasteiger partial charge on any atom is -0.395 e. The molecule has 0 atom stereocenters. The smallest absolute Gasteiger partial charge is 0.0558 e. The molecule has 1 heterocycles. The highest BCUT2D eigenvalue weighted by Gasteiger charge is 2.07. The quantitative estimate of drug-likeness (QED) is 0.506. The lowest BCUT2D eigenvalue weighted by molar-refractivity contribution is 0.173. The van der Waals surface area contributed by atoms with Gasteiger partial charge in [0.1, 0.15) is 0 Å². The van der Waals surface area contributed by atoms with Crippen LogP contribution in [0.4, 0.5) is 5.69 Å². The van der Waals surface area contributed by atoms with E-state index in [9.17, 15) is 0 Å². The van der Waals surface area contributed by atoms with Gasteiger partial charge >= 0.3 is 0 Å². The summed E-state index contributed by atoms with van der Waals surface area (Å²) in [7, 11) is 0. The first-order chi connectivity index (χ1) is 9.31. The number of likely N-dealkylation sites (tertiary alicyclic amines) is 1. The van der Waals surface area contributed by atoms with Gasteiger partial charge in [0.25, 0.3) is 0 Å². The summed E-state index contributed by atoms with van der Waals surface area (Å²) in [6.45, 7) is 3.58. The van der Waals surface area contributed by atoms with E-state index < -0.39 is 0 Å². The van der Waals surface area contributed by atoms with Crippen molar-refractivity contribution in [3.63, 3.8) is 0 Å². The molecular formula is C14H23N3OS. The fraction of sp³-hybridized carbons (Fsp3) is 0.500. The Kier molecular flexibility index (Phi) is 8.29. The number of rotatable bonds is 4. The third-order valence-corrected chi connectivity index (χ3v) is 3.34. The second-order valence-corrected chi connectivity index (χ2v) is 4.69. The van der Waals surface area contributed by atoms with Crippen LogP contribution in [0, 0.1) is 5.41 Å². The predicted molar refractivity (Wildman–Crippen MR) is 84.3 cm³/mol. The van der Waals surface area contributed by atoms with E-state index in [2.05, 4.69) is 22.4 Å². The summed E-state index contributed by atoms with van der Waals surface area (Å²) in [5, 5.41) is 15.6. The number of anilines is 1. The number of piperidine rings is 1. The molecular weight excluding hydrogens is 258 g/mol. The summed E-state index contributed by atoms with van der Waals surface area (Å²) in [6.07, 6.45) is 5.31. The van der Waals surface area contributed by atoms with Gasteiger partial charge < -0.3 is 20.1 Å². The van der Waals surface area contributed by atoms with Crippen molar-refractivity contribution in [2.24, 2.45) is 0 Å². The van der Waals surface area contributed by atoms with E-state index in [0.29, 0.717) is 6.61 Å². The number of nitrogens with zero attached hydrogens (tertiary/aromatic N) is 1. The van der Waals surface area contributed by atoms with E-state index >= 15 is 0 Å². The average Bonchev–Trinajstić information content (AvgIpc) is 2.49. The van der Waals surface area contributed by atoms with Gasteiger partial charge in [0.05, 0.1) is 12.3 Å². The van der Waals surface area contributed by atoms with Crippen LogP contribution in [0.2, 0.25) is 0 Å². The first-order valence-corrected chi connectivity index (χ1v) is 7.09. The third kappa shape index (κ3) is 6.09. The Hall–Kier alpha value is -1.04. The van der Waals surface area contributed by atoms with Crippen molar-refractivity contribution in [1.29, 1.82) is 5.41 Å². The van der Waals surface area contributed by atoms with Crippen LogP contribution in [0.1, 0.15) is 24.8 Å². The van der Waals surface area contributed by atoms with Crippen molar-refractivity contribution < 1.29 is 5.11 Å². The molecule has 1 aromatic carbocycles. The summed E-state index contributed by atoms with van der Waals surface area (Å²) < 4.78 is 2.69. The molecule has 0 amide bonds. The maximum absolute atomic E-state index is 8.58. The molecule has 0 radical (unpaired) electrons. The molecule has 0 bridgehead atoms. The number of para-hydroxylation sites is 1. The fourth-order valence-electron chi connectivity index (χ4n) is 2.05. The number of hydrogen-bond donors (Lipinski definition) is 4. The second kappa shape index (κ2) is 9.83. The maximum Gasteiger partial charge on any atom is 0.0558 e. The van der Waals surface area contributed by atoms with Crippen molar-refractivity contribution in [2.45, 2.75) is 19.3 Å². The number of aliphatic hydroxyl groups is 1. The standard InChI is InChI=1S/C7H8N2S.C7H15NO/c8-5-6-3-1-2-4-7(6)9-10;9-7-6-8-4-2-1-3-5-8/h1-5,8-10H;9H,1-7H2. The van der Waals surface area contributed by atoms with Crippen LogP contribution in [0.25, 0.3) is 0 Å². The number of benzene rings is 1. The zero-order valence-electron chi connectivity index (χ0n) is 11.2. The zero-order chi connectivity index (χ0) is 13.9. The van der Waals surface area contributed by atoms with Crippen LogP contribution in [-0.4, -0.2) is 42.5 Å². The van der Waals surface area contributed by atoms with Crippen LogP contribution in [0.15, 0.2) is 24.3 Å². The molecule has 106 valence electrons. The third-order valence-electron chi connectivity index (χ3n) is 3.10. The highest BCUT2D eigenvalue weighted by Crippen LogP contribution is 2.12. The molecule has 0 aromatic heterocycles. The van der Waals surface area contributed by atoms with Crippen molar-refractivity contribution in [3.05, 3.63) is 29.8 Å². The number of nitrogens with one attached hydrogen (secondary N) is 2. The molecule has 3 N–H and O–H groups in total. The Balaban J connectivity index is 0.000000191. The molecule has 1 aromatic rings. The second-order valence-electron chi connectivity index (χ2n) is 4.47. The minimum atomic E-state index is 0.319. The molecule has 0 saturated carbocycles. The summed E-state index contributed by atoms with van der Waals surface area (Å²) in [5.74, 6) is 0. The van der Waals surface area contributed by atoms with Gasteiger partial charge in [-0.05, 0) is 32.0 Å². The SMILES string of the molecule is N=Cc1ccccc1NS.OCCN1CCCCC1. The Morgan fingerprint density at radius 3 is 2.47 bits per heavy atom. The van der Waals surface area contributed by atoms with Gasteiger partial charge in [-0.25, -0.2) is 0 Å². The summed E-state index contributed by atoms with van der Waals surface area (Å²) >= 11 is 3.88. The molecule has 0 spiro atoms. The lowest BCUT2D eigenvalue weighted by atomic mass is 10.1. The van der Waals surface area contributed by atoms with Gasteiger partial charge in [0.2, 0.25) is 0 Å². The molecule has 1 aliphatic rings. The first-order valence-electron chi connectivity index (χ1n) is 6.64. The van der Waals surface area contributed by atoms with Crippen molar-refractivity contribution in [2.75, 3.05) is 31.0 Å². The number of aliphatic hydroxyl groups excluding tert-OH is 1. The molecule has 0 unspecified atom stereocenters. The topological polar surface area (TPSA) is 59.4 Å². The fourth-order valence-corrected chi connectivity index (χ4v) is 2.25. The van der Waals surface area contributed by atoms with Crippen molar-refractivity contribution in [1.82, 2.24) is 4.90 Å². The van der Waals surface area contributed by atoms with Crippen LogP contribution in [0.3, 0.4) is 0 Å². The van der Waals surface area contributed by atoms with Gasteiger partial charge in [-0.3, -0.25) is 0 Å². The van der Waals surface area contributed by atoms with Gasteiger partial charge in [0.15, 0.2) is 0 Å². The van der Waals surface area contributed by atoms with Crippen molar-refractivity contribution in [3.8, 4) is 0 Å². The summed E-state index contributed by atoms with van der Waals surface area (Å²) in [4.78, 5) is 2.32. The van der Waals surface area contributed by atoms with Crippen LogP contribution < -0.4 is 4.72 Å². The van der Waals surface area contributed by atoms with E-state index in [4.69, 9.17) is 10.5 Å². The van der Waals surface area contributed by atoms with Gasteiger partial charge in [-0.15, -0.1) is 0 Å². The predicted octanol–water partition coefficient (Wildman–Crippen LogP) is 2.41. The van der Waals surface area contributed by atoms with E-state index in [1.165, 1.54) is 38.6 Å². The average molecular weight is 281 g/mol. The Bertz CT molecular complexity index is 365. The molecule has 0 aliphatic carbocycles. The van der Waals surface area contributed by atoms with Crippen LogP contribution >= 0.6 is 12.8 Å². The monoisotopic (exact) mass is 281 g/mol. The summed E-state index contributed by atoms with van der Waals surface area (Å²) in [6, 6.07) is 7.50. The van der Waals surface area contributed by atoms with Gasteiger partial charge in [0, 0.05) is 18.3 Å². The van der Waals surface area contributed by atoms with Crippen LogP contribution in [-0.2, 0) is 0 Å². The van der Waals surface area contributed by atoms with Crippen molar-refractivity contribution >= 4 is 24.7 Å². The van der Waals surface area contributed by atoms with E-state index in [1.54, 1.807) is 0 Å². The van der Waals surface area contributed by atoms with E-state index in [0.717, 1.165) is 17.8 Å². The number of thiol groups is 1. The lowest BCUT2D eigenvalue weighted by Crippen LogP contribution is -2.31. The van der Waals surface area contributed by atoms with E-state index in [1.807, 2.05) is 24.3 Å². The molecule has 4 nitrogen and oxygen atoms in total. The number of hydrogen-bond acceptors (Lipinski definition) is 5. The zero-order valence-corrected chi connectivity index (χ0v) is 12.1. The Morgan fingerprint density at radius 2 is 1.95 bits per heavy atom. The minimum absolute atomic E-state index is 0.319. The Labute approximate surface area is 120 Å². The van der Waals surface area contributed by atoms with E-state index in [-0.39, 0.29) is 0 Å². The first kappa shape index (κ1) is 16.0. The largest absolute Gasteiger partial charge is 0.395 e. The van der Waals surface area contributed by atoms with Gasteiger partial charge in [-0.2, -0.15) is 0 Å². The lowest BCUT2D eigenvalue weighted by Gasteiger charge is -2.25. The molecule has 5 heteroatoms. The Morgan fingerprint density at radius 1 is 1.26 bits per heavy atom.